The summed E-state index contributed by atoms with van der Waals surface area (Å²) in [7, 11) is 0. The minimum atomic E-state index is -1.26. The maximum atomic E-state index is 13.1. The molecule has 0 fully saturated rings. The highest BCUT2D eigenvalue weighted by atomic mass is 35.5. The van der Waals surface area contributed by atoms with Gasteiger partial charge in [-0.05, 0) is 29.8 Å². The van der Waals surface area contributed by atoms with E-state index >= 15 is 0 Å². The van der Waals surface area contributed by atoms with Gasteiger partial charge in [0.25, 0.3) is 5.91 Å². The molecule has 2 aromatic carbocycles. The molecule has 0 spiro atoms. The molecule has 0 aliphatic rings. The molecular formula is C16H12ClF2NO3. The molecule has 4 nitrogen and oxygen atoms in total. The van der Waals surface area contributed by atoms with Gasteiger partial charge in [-0.25, -0.2) is 13.6 Å². The fraction of sp³-hybridized carbons (Fsp3) is 0.125. The number of hydrogen-bond acceptors (Lipinski definition) is 2. The van der Waals surface area contributed by atoms with Crippen LogP contribution in [-0.2, 0) is 11.2 Å². The average Bonchev–Trinajstić information content (AvgIpc) is 2.51. The highest BCUT2D eigenvalue weighted by Crippen LogP contribution is 2.17. The minimum Gasteiger partial charge on any atom is -0.480 e. The van der Waals surface area contributed by atoms with Crippen LogP contribution in [0.4, 0.5) is 8.78 Å². The summed E-state index contributed by atoms with van der Waals surface area (Å²) in [5, 5.41) is 11.9. The molecule has 23 heavy (non-hydrogen) atoms. The van der Waals surface area contributed by atoms with E-state index in [1.165, 1.54) is 0 Å². The normalized spacial score (nSPS) is 11.8. The second kappa shape index (κ2) is 7.19. The van der Waals surface area contributed by atoms with E-state index in [0.717, 1.165) is 12.1 Å². The maximum Gasteiger partial charge on any atom is 0.326 e. The third-order valence-electron chi connectivity index (χ3n) is 3.17. The number of carboxylic acid groups (broad SMARTS) is 1. The summed E-state index contributed by atoms with van der Waals surface area (Å²) >= 11 is 5.97. The van der Waals surface area contributed by atoms with Crippen molar-refractivity contribution in [1.82, 2.24) is 5.32 Å². The molecule has 0 radical (unpaired) electrons. The number of benzene rings is 2. The van der Waals surface area contributed by atoms with Crippen LogP contribution in [0.15, 0.2) is 42.5 Å². The van der Waals surface area contributed by atoms with Gasteiger partial charge in [-0.2, -0.15) is 0 Å². The van der Waals surface area contributed by atoms with Gasteiger partial charge in [0.15, 0.2) is 11.6 Å². The molecule has 0 aromatic heterocycles. The van der Waals surface area contributed by atoms with E-state index in [-0.39, 0.29) is 12.0 Å². The summed E-state index contributed by atoms with van der Waals surface area (Å²) in [6.07, 6.45) is -0.0373. The van der Waals surface area contributed by atoms with E-state index in [0.29, 0.717) is 16.7 Å². The SMILES string of the molecule is O=C(N[C@@H](Cc1ccccc1Cl)C(=O)O)c1ccc(F)c(F)c1. The first kappa shape index (κ1) is 16.9. The van der Waals surface area contributed by atoms with Gasteiger partial charge in [0.2, 0.25) is 0 Å². The summed E-state index contributed by atoms with van der Waals surface area (Å²) in [5.74, 6) is -4.35. The predicted molar refractivity (Wildman–Crippen MR) is 80.4 cm³/mol. The summed E-state index contributed by atoms with van der Waals surface area (Å²) in [5.41, 5.74) is 0.376. The Morgan fingerprint density at radius 1 is 1.13 bits per heavy atom. The van der Waals surface area contributed by atoms with Crippen LogP contribution in [0.1, 0.15) is 15.9 Å². The van der Waals surface area contributed by atoms with Gasteiger partial charge in [0, 0.05) is 17.0 Å². The van der Waals surface area contributed by atoms with Crippen molar-refractivity contribution in [3.63, 3.8) is 0 Å². The molecule has 0 bridgehead atoms. The lowest BCUT2D eigenvalue weighted by Gasteiger charge is -2.15. The number of rotatable bonds is 5. The summed E-state index contributed by atoms with van der Waals surface area (Å²) in [6.45, 7) is 0. The van der Waals surface area contributed by atoms with E-state index in [9.17, 15) is 23.5 Å². The zero-order valence-electron chi connectivity index (χ0n) is 11.7. The number of amides is 1. The van der Waals surface area contributed by atoms with Crippen molar-refractivity contribution >= 4 is 23.5 Å². The van der Waals surface area contributed by atoms with Crippen LogP contribution >= 0.6 is 11.6 Å². The Balaban J connectivity index is 2.16. The van der Waals surface area contributed by atoms with Gasteiger partial charge in [-0.15, -0.1) is 0 Å². The lowest BCUT2D eigenvalue weighted by molar-refractivity contribution is -0.139. The first-order chi connectivity index (χ1) is 10.9. The minimum absolute atomic E-state index is 0.0373. The Morgan fingerprint density at radius 3 is 2.43 bits per heavy atom. The van der Waals surface area contributed by atoms with Crippen molar-refractivity contribution in [2.75, 3.05) is 0 Å². The predicted octanol–water partition coefficient (Wildman–Crippen LogP) is 3.04. The van der Waals surface area contributed by atoms with Crippen LogP contribution in [-0.4, -0.2) is 23.0 Å². The van der Waals surface area contributed by atoms with Gasteiger partial charge in [0.05, 0.1) is 0 Å². The Hall–Kier alpha value is -2.47. The molecular weight excluding hydrogens is 328 g/mol. The summed E-state index contributed by atoms with van der Waals surface area (Å²) in [6, 6.07) is 7.96. The van der Waals surface area contributed by atoms with Gasteiger partial charge >= 0.3 is 5.97 Å². The van der Waals surface area contributed by atoms with Gasteiger partial charge in [-0.3, -0.25) is 4.79 Å². The Morgan fingerprint density at radius 2 is 1.83 bits per heavy atom. The third-order valence-corrected chi connectivity index (χ3v) is 3.54. The number of nitrogens with one attached hydrogen (secondary N) is 1. The molecule has 0 heterocycles. The molecule has 1 amide bonds. The van der Waals surface area contributed by atoms with Gasteiger partial charge in [0.1, 0.15) is 6.04 Å². The fourth-order valence-electron chi connectivity index (χ4n) is 1.96. The molecule has 0 saturated heterocycles. The molecule has 120 valence electrons. The van der Waals surface area contributed by atoms with E-state index in [4.69, 9.17) is 11.6 Å². The molecule has 1 atom stereocenters. The zero-order valence-corrected chi connectivity index (χ0v) is 12.5. The Kier molecular flexibility index (Phi) is 5.28. The Labute approximate surface area is 135 Å². The van der Waals surface area contributed by atoms with E-state index in [1.54, 1.807) is 24.3 Å². The third kappa shape index (κ3) is 4.26. The lowest BCUT2D eigenvalue weighted by atomic mass is 10.1. The molecule has 2 aromatic rings. The Bertz CT molecular complexity index is 752. The molecule has 0 saturated carbocycles. The average molecular weight is 340 g/mol. The summed E-state index contributed by atoms with van der Waals surface area (Å²) < 4.78 is 26.0. The zero-order chi connectivity index (χ0) is 17.0. The number of halogens is 3. The molecule has 7 heteroatoms. The monoisotopic (exact) mass is 339 g/mol. The van der Waals surface area contributed by atoms with E-state index < -0.39 is 29.6 Å². The van der Waals surface area contributed by atoms with Crippen molar-refractivity contribution in [2.24, 2.45) is 0 Å². The maximum absolute atomic E-state index is 13.1. The molecule has 2 rings (SSSR count). The number of carbonyl (C=O) groups excluding carboxylic acids is 1. The van der Waals surface area contributed by atoms with Crippen molar-refractivity contribution in [2.45, 2.75) is 12.5 Å². The number of carbonyl (C=O) groups is 2. The first-order valence-corrected chi connectivity index (χ1v) is 6.98. The van der Waals surface area contributed by atoms with Gasteiger partial charge < -0.3 is 10.4 Å². The van der Waals surface area contributed by atoms with Crippen LogP contribution < -0.4 is 5.32 Å². The van der Waals surface area contributed by atoms with Crippen LogP contribution in [0.25, 0.3) is 0 Å². The fourth-order valence-corrected chi connectivity index (χ4v) is 2.18. The standard InChI is InChI=1S/C16H12ClF2NO3/c17-11-4-2-1-3-9(11)8-14(16(22)23)20-15(21)10-5-6-12(18)13(19)7-10/h1-7,14H,8H2,(H,20,21)(H,22,23)/t14-/m0/s1. The van der Waals surface area contributed by atoms with Crippen molar-refractivity contribution < 1.29 is 23.5 Å². The van der Waals surface area contributed by atoms with Crippen LogP contribution in [0, 0.1) is 11.6 Å². The number of hydrogen-bond donors (Lipinski definition) is 2. The first-order valence-electron chi connectivity index (χ1n) is 6.60. The van der Waals surface area contributed by atoms with Crippen LogP contribution in [0.2, 0.25) is 5.02 Å². The largest absolute Gasteiger partial charge is 0.480 e. The number of aliphatic carboxylic acids is 1. The lowest BCUT2D eigenvalue weighted by Crippen LogP contribution is -2.42. The van der Waals surface area contributed by atoms with Crippen molar-refractivity contribution in [3.8, 4) is 0 Å². The molecule has 0 aliphatic heterocycles. The highest BCUT2D eigenvalue weighted by molar-refractivity contribution is 6.31. The molecule has 0 aliphatic carbocycles. The highest BCUT2D eigenvalue weighted by Gasteiger charge is 2.22. The molecule has 2 N–H and O–H groups in total. The van der Waals surface area contributed by atoms with E-state index in [1.807, 2.05) is 0 Å². The second-order valence-corrected chi connectivity index (χ2v) is 5.20. The van der Waals surface area contributed by atoms with Gasteiger partial charge in [-0.1, -0.05) is 29.8 Å². The summed E-state index contributed by atoms with van der Waals surface area (Å²) in [4.78, 5) is 23.3. The second-order valence-electron chi connectivity index (χ2n) is 4.79. The van der Waals surface area contributed by atoms with Crippen LogP contribution in [0.5, 0.6) is 0 Å². The van der Waals surface area contributed by atoms with Crippen molar-refractivity contribution in [1.29, 1.82) is 0 Å². The van der Waals surface area contributed by atoms with Crippen LogP contribution in [0.3, 0.4) is 0 Å². The quantitative estimate of drug-likeness (QED) is 0.880. The molecule has 0 unspecified atom stereocenters. The smallest absolute Gasteiger partial charge is 0.326 e. The van der Waals surface area contributed by atoms with E-state index in [2.05, 4.69) is 5.32 Å². The van der Waals surface area contributed by atoms with Crippen molar-refractivity contribution in [3.05, 3.63) is 70.2 Å². The topological polar surface area (TPSA) is 66.4 Å². The number of carboxylic acids is 1.